The number of piperazine rings is 1. The molecule has 1 aliphatic rings. The van der Waals surface area contributed by atoms with Crippen molar-refractivity contribution in [2.24, 2.45) is 0 Å². The molecule has 1 aliphatic heterocycles. The number of pyridine rings is 1. The standard InChI is InChI=1S/C28H33N3O2.C2H6/c1-3-26(22-7-5-4-6-8-22)28(23-9-12-25(32)13-10-23)24-11-14-27(29-21-24)33-20-19-31-17-15-30(2)16-18-31;1-2/h4-14,21,32H,3,15-20H2,1-2H3;1-2H3/b28-26-;. The molecule has 0 bridgehead atoms. The first-order chi connectivity index (χ1) is 17.1. The lowest BCUT2D eigenvalue weighted by Gasteiger charge is -2.32. The molecule has 1 N–H and O–H groups in total. The molecule has 0 saturated carbocycles. The highest BCUT2D eigenvalue weighted by Crippen LogP contribution is 2.35. The van der Waals surface area contributed by atoms with Gasteiger partial charge < -0.3 is 14.7 Å². The van der Waals surface area contributed by atoms with E-state index in [4.69, 9.17) is 4.74 Å². The second-order valence-electron chi connectivity index (χ2n) is 8.50. The Morgan fingerprint density at radius 1 is 0.857 bits per heavy atom. The Balaban J connectivity index is 0.00000167. The normalized spacial score (nSPS) is 15.1. The maximum atomic E-state index is 9.80. The molecule has 0 spiro atoms. The fraction of sp³-hybridized carbons (Fsp3) is 0.367. The van der Waals surface area contributed by atoms with E-state index in [1.54, 1.807) is 12.1 Å². The predicted molar refractivity (Wildman–Crippen MR) is 146 cm³/mol. The van der Waals surface area contributed by atoms with Gasteiger partial charge in [-0.15, -0.1) is 0 Å². The molecule has 5 heteroatoms. The van der Waals surface area contributed by atoms with Crippen LogP contribution >= 0.6 is 0 Å². The van der Waals surface area contributed by atoms with Gasteiger partial charge in [-0.1, -0.05) is 63.2 Å². The summed E-state index contributed by atoms with van der Waals surface area (Å²) < 4.78 is 5.95. The first-order valence-electron chi connectivity index (χ1n) is 12.7. The quantitative estimate of drug-likeness (QED) is 0.419. The third-order valence-corrected chi connectivity index (χ3v) is 6.21. The van der Waals surface area contributed by atoms with Gasteiger partial charge in [-0.25, -0.2) is 4.98 Å². The first kappa shape index (κ1) is 26.5. The van der Waals surface area contributed by atoms with Crippen LogP contribution in [-0.4, -0.2) is 66.3 Å². The molecule has 0 radical (unpaired) electrons. The summed E-state index contributed by atoms with van der Waals surface area (Å²) in [4.78, 5) is 9.41. The molecule has 2 heterocycles. The molecule has 35 heavy (non-hydrogen) atoms. The number of nitrogens with zero attached hydrogens (tertiary/aromatic N) is 3. The second kappa shape index (κ2) is 13.7. The third kappa shape index (κ3) is 7.41. The van der Waals surface area contributed by atoms with E-state index in [-0.39, 0.29) is 5.75 Å². The molecule has 2 aromatic carbocycles. The lowest BCUT2D eigenvalue weighted by molar-refractivity contribution is 0.132. The summed E-state index contributed by atoms with van der Waals surface area (Å²) in [7, 11) is 2.17. The van der Waals surface area contributed by atoms with Crippen molar-refractivity contribution >= 4 is 11.1 Å². The molecule has 3 aromatic rings. The average Bonchev–Trinajstić information content (AvgIpc) is 2.91. The van der Waals surface area contributed by atoms with Crippen LogP contribution < -0.4 is 4.74 Å². The van der Waals surface area contributed by atoms with Crippen molar-refractivity contribution in [3.63, 3.8) is 0 Å². The van der Waals surface area contributed by atoms with Gasteiger partial charge in [-0.05, 0) is 53.9 Å². The molecule has 4 rings (SSSR count). The number of aromatic hydroxyl groups is 1. The van der Waals surface area contributed by atoms with Crippen LogP contribution in [0.15, 0.2) is 72.9 Å². The highest BCUT2D eigenvalue weighted by molar-refractivity contribution is 5.98. The van der Waals surface area contributed by atoms with E-state index in [1.807, 2.05) is 44.3 Å². The fourth-order valence-electron chi connectivity index (χ4n) is 4.27. The van der Waals surface area contributed by atoms with Crippen LogP contribution in [0.25, 0.3) is 11.1 Å². The molecule has 0 atom stereocenters. The van der Waals surface area contributed by atoms with Crippen LogP contribution in [0.5, 0.6) is 11.6 Å². The van der Waals surface area contributed by atoms with Crippen LogP contribution in [0.1, 0.15) is 43.9 Å². The van der Waals surface area contributed by atoms with Crippen molar-refractivity contribution in [2.75, 3.05) is 46.4 Å². The minimum Gasteiger partial charge on any atom is -0.508 e. The van der Waals surface area contributed by atoms with Crippen LogP contribution in [0.3, 0.4) is 0 Å². The zero-order chi connectivity index (χ0) is 25.0. The Labute approximate surface area is 210 Å². The highest BCUT2D eigenvalue weighted by atomic mass is 16.5. The predicted octanol–water partition coefficient (Wildman–Crippen LogP) is 5.81. The number of rotatable bonds is 8. The number of likely N-dealkylation sites (N-methyl/N-ethyl adjacent to an activating group) is 1. The Bertz CT molecular complexity index is 1040. The van der Waals surface area contributed by atoms with Gasteiger partial charge in [0.25, 0.3) is 0 Å². The lowest BCUT2D eigenvalue weighted by Crippen LogP contribution is -2.45. The first-order valence-corrected chi connectivity index (χ1v) is 12.7. The van der Waals surface area contributed by atoms with E-state index in [1.165, 1.54) is 11.1 Å². The molecule has 5 nitrogen and oxygen atoms in total. The van der Waals surface area contributed by atoms with E-state index in [0.717, 1.165) is 55.8 Å². The van der Waals surface area contributed by atoms with Crippen molar-refractivity contribution in [3.8, 4) is 11.6 Å². The number of ether oxygens (including phenoxy) is 1. The Morgan fingerprint density at radius 3 is 2.11 bits per heavy atom. The van der Waals surface area contributed by atoms with Crippen molar-refractivity contribution in [1.29, 1.82) is 0 Å². The van der Waals surface area contributed by atoms with Gasteiger partial charge in [-0.2, -0.15) is 0 Å². The van der Waals surface area contributed by atoms with Gasteiger partial charge in [0.05, 0.1) is 0 Å². The number of phenols is 1. The smallest absolute Gasteiger partial charge is 0.213 e. The number of hydrogen-bond acceptors (Lipinski definition) is 5. The summed E-state index contributed by atoms with van der Waals surface area (Å²) in [5.41, 5.74) is 5.65. The third-order valence-electron chi connectivity index (χ3n) is 6.21. The number of hydrogen-bond donors (Lipinski definition) is 1. The van der Waals surface area contributed by atoms with E-state index in [2.05, 4.69) is 59.1 Å². The molecule has 0 unspecified atom stereocenters. The lowest BCUT2D eigenvalue weighted by atomic mass is 9.89. The summed E-state index contributed by atoms with van der Waals surface area (Å²) >= 11 is 0. The van der Waals surface area contributed by atoms with Gasteiger partial charge in [0, 0.05) is 50.6 Å². The molecule has 0 aliphatic carbocycles. The van der Waals surface area contributed by atoms with Gasteiger partial charge >= 0.3 is 0 Å². The largest absolute Gasteiger partial charge is 0.508 e. The molecule has 1 aromatic heterocycles. The van der Waals surface area contributed by atoms with Gasteiger partial charge in [0.2, 0.25) is 5.88 Å². The average molecular weight is 474 g/mol. The number of benzene rings is 2. The summed E-state index contributed by atoms with van der Waals surface area (Å²) in [6.45, 7) is 12.1. The second-order valence-corrected chi connectivity index (χ2v) is 8.50. The molecule has 1 fully saturated rings. The monoisotopic (exact) mass is 473 g/mol. The van der Waals surface area contributed by atoms with E-state index in [0.29, 0.717) is 12.5 Å². The molecule has 0 amide bonds. The summed E-state index contributed by atoms with van der Waals surface area (Å²) in [5, 5.41) is 9.80. The van der Waals surface area contributed by atoms with Crippen LogP contribution in [0.4, 0.5) is 0 Å². The van der Waals surface area contributed by atoms with Crippen molar-refractivity contribution in [3.05, 3.63) is 89.6 Å². The zero-order valence-corrected chi connectivity index (χ0v) is 21.6. The van der Waals surface area contributed by atoms with Gasteiger partial charge in [-0.3, -0.25) is 4.90 Å². The highest BCUT2D eigenvalue weighted by Gasteiger charge is 2.15. The Morgan fingerprint density at radius 2 is 1.51 bits per heavy atom. The van der Waals surface area contributed by atoms with E-state index in [9.17, 15) is 5.11 Å². The number of phenolic OH excluding ortho intramolecular Hbond substituents is 1. The van der Waals surface area contributed by atoms with Crippen LogP contribution in [-0.2, 0) is 0 Å². The van der Waals surface area contributed by atoms with Crippen LogP contribution in [0.2, 0.25) is 0 Å². The van der Waals surface area contributed by atoms with Gasteiger partial charge in [0.1, 0.15) is 12.4 Å². The maximum Gasteiger partial charge on any atom is 0.213 e. The SMILES string of the molecule is CC.CC/C(=C(\c1ccc(O)cc1)c1ccc(OCCN2CCN(C)CC2)nc1)c1ccccc1. The summed E-state index contributed by atoms with van der Waals surface area (Å²) in [6.07, 6.45) is 2.77. The fourth-order valence-corrected chi connectivity index (χ4v) is 4.27. The summed E-state index contributed by atoms with van der Waals surface area (Å²) in [5.74, 6) is 0.911. The number of aromatic nitrogens is 1. The molecular formula is C30H39N3O2. The molecule has 1 saturated heterocycles. The topological polar surface area (TPSA) is 48.8 Å². The minimum absolute atomic E-state index is 0.262. The van der Waals surface area contributed by atoms with Crippen molar-refractivity contribution in [1.82, 2.24) is 14.8 Å². The van der Waals surface area contributed by atoms with Crippen molar-refractivity contribution in [2.45, 2.75) is 27.2 Å². The van der Waals surface area contributed by atoms with Crippen LogP contribution in [0, 0.1) is 0 Å². The minimum atomic E-state index is 0.262. The molecular weight excluding hydrogens is 434 g/mol. The summed E-state index contributed by atoms with van der Waals surface area (Å²) in [6, 6.07) is 21.9. The van der Waals surface area contributed by atoms with Crippen molar-refractivity contribution < 1.29 is 9.84 Å². The zero-order valence-electron chi connectivity index (χ0n) is 21.6. The Kier molecular flexibility index (Phi) is 10.3. The Hall–Kier alpha value is -3.15. The number of allylic oxidation sites excluding steroid dienone is 1. The van der Waals surface area contributed by atoms with Gasteiger partial charge in [0.15, 0.2) is 0 Å². The molecule has 186 valence electrons. The van der Waals surface area contributed by atoms with E-state index < -0.39 is 0 Å². The maximum absolute atomic E-state index is 9.80. The van der Waals surface area contributed by atoms with E-state index >= 15 is 0 Å².